The van der Waals surface area contributed by atoms with Gasteiger partial charge in [-0.2, -0.15) is 0 Å². The Balaban J connectivity index is 2.10. The van der Waals surface area contributed by atoms with Crippen LogP contribution in [-0.2, 0) is 9.57 Å². The summed E-state index contributed by atoms with van der Waals surface area (Å²) in [6.45, 7) is 6.18. The number of ether oxygens (including phenoxy) is 1. The number of carbonyl (C=O) groups excluding carboxylic acids is 1. The topological polar surface area (TPSA) is 112 Å². The maximum atomic E-state index is 11.0. The predicted octanol–water partition coefficient (Wildman–Crippen LogP) is 2.15. The monoisotopic (exact) mass is 310 g/mol. The van der Waals surface area contributed by atoms with Crippen LogP contribution < -0.4 is 11.5 Å². The van der Waals surface area contributed by atoms with E-state index in [9.17, 15) is 4.79 Å². The number of amides is 1. The fraction of sp³-hybridized carbons (Fsp3) is 0.800. The van der Waals surface area contributed by atoms with Crippen LogP contribution in [0, 0.1) is 11.3 Å². The van der Waals surface area contributed by atoms with Crippen LogP contribution in [-0.4, -0.2) is 30.0 Å². The molecular formula is C15H26N4O3. The third-order valence-electron chi connectivity index (χ3n) is 4.13. The first-order valence-electron chi connectivity index (χ1n) is 7.80. The first-order valence-corrected chi connectivity index (χ1v) is 7.80. The van der Waals surface area contributed by atoms with E-state index in [2.05, 4.69) is 30.9 Å². The van der Waals surface area contributed by atoms with Crippen molar-refractivity contribution in [2.24, 2.45) is 32.9 Å². The molecule has 0 aliphatic carbocycles. The highest BCUT2D eigenvalue weighted by Crippen LogP contribution is 2.38. The van der Waals surface area contributed by atoms with Gasteiger partial charge in [-0.25, -0.2) is 4.79 Å². The average Bonchev–Trinajstić information content (AvgIpc) is 2.63. The van der Waals surface area contributed by atoms with Crippen molar-refractivity contribution in [1.29, 1.82) is 0 Å². The number of carbonyl (C=O) groups is 1. The summed E-state index contributed by atoms with van der Waals surface area (Å²) in [6, 6.07) is 0.125. The number of rotatable bonds is 2. The van der Waals surface area contributed by atoms with E-state index in [0.29, 0.717) is 12.3 Å². The lowest BCUT2D eigenvalue weighted by Gasteiger charge is -2.31. The van der Waals surface area contributed by atoms with Gasteiger partial charge in [-0.3, -0.25) is 4.99 Å². The zero-order valence-electron chi connectivity index (χ0n) is 13.5. The lowest BCUT2D eigenvalue weighted by Crippen LogP contribution is -2.39. The SMILES string of the molecule is CC(C)(C)C1C(OC(N)=O)=NOC1CC1CCCCC(N)=N1. The molecule has 124 valence electrons. The molecule has 0 radical (unpaired) electrons. The van der Waals surface area contributed by atoms with E-state index in [4.69, 9.17) is 21.0 Å². The Morgan fingerprint density at radius 2 is 2.14 bits per heavy atom. The Hall–Kier alpha value is -1.79. The van der Waals surface area contributed by atoms with Crippen LogP contribution >= 0.6 is 0 Å². The Labute approximate surface area is 131 Å². The van der Waals surface area contributed by atoms with Crippen molar-refractivity contribution < 1.29 is 14.4 Å². The molecule has 22 heavy (non-hydrogen) atoms. The van der Waals surface area contributed by atoms with Crippen molar-refractivity contribution in [3.05, 3.63) is 0 Å². The van der Waals surface area contributed by atoms with E-state index in [-0.39, 0.29) is 29.4 Å². The minimum absolute atomic E-state index is 0.125. The van der Waals surface area contributed by atoms with Gasteiger partial charge in [0.05, 0.1) is 17.8 Å². The van der Waals surface area contributed by atoms with Gasteiger partial charge in [0.1, 0.15) is 6.10 Å². The fourth-order valence-corrected chi connectivity index (χ4v) is 3.18. The quantitative estimate of drug-likeness (QED) is 0.813. The van der Waals surface area contributed by atoms with E-state index >= 15 is 0 Å². The van der Waals surface area contributed by atoms with Crippen LogP contribution in [0.2, 0.25) is 0 Å². The predicted molar refractivity (Wildman–Crippen MR) is 84.4 cm³/mol. The fourth-order valence-electron chi connectivity index (χ4n) is 3.18. The molecule has 0 aromatic carbocycles. The zero-order chi connectivity index (χ0) is 16.3. The number of primary amides is 1. The average molecular weight is 310 g/mol. The van der Waals surface area contributed by atoms with E-state index in [1.165, 1.54) is 0 Å². The third kappa shape index (κ3) is 4.11. The number of hydrogen-bond acceptors (Lipinski definition) is 6. The highest BCUT2D eigenvalue weighted by Gasteiger charge is 2.45. The minimum Gasteiger partial charge on any atom is -0.392 e. The lowest BCUT2D eigenvalue weighted by atomic mass is 9.75. The molecule has 2 rings (SSSR count). The molecule has 2 aliphatic heterocycles. The standard InChI is InChI=1S/C15H26N4O3/c1-15(2,3)12-10(22-19-13(12)21-14(17)20)8-9-6-4-5-7-11(16)18-9/h9-10,12H,4-8H2,1-3H3,(H2,16,18)(H2,17,20). The molecule has 4 N–H and O–H groups in total. The Morgan fingerprint density at radius 1 is 1.41 bits per heavy atom. The summed E-state index contributed by atoms with van der Waals surface area (Å²) in [5.41, 5.74) is 10.8. The molecule has 0 bridgehead atoms. The summed E-state index contributed by atoms with van der Waals surface area (Å²) in [7, 11) is 0. The number of amidine groups is 1. The first-order chi connectivity index (χ1) is 10.3. The van der Waals surface area contributed by atoms with E-state index in [1.54, 1.807) is 0 Å². The molecule has 0 aromatic heterocycles. The maximum absolute atomic E-state index is 11.0. The molecule has 1 amide bonds. The molecule has 2 heterocycles. The summed E-state index contributed by atoms with van der Waals surface area (Å²) < 4.78 is 5.02. The third-order valence-corrected chi connectivity index (χ3v) is 4.13. The number of nitrogens with two attached hydrogens (primary N) is 2. The van der Waals surface area contributed by atoms with E-state index in [1.807, 2.05) is 0 Å². The summed E-state index contributed by atoms with van der Waals surface area (Å²) in [4.78, 5) is 21.1. The van der Waals surface area contributed by atoms with Crippen LogP contribution in [0.3, 0.4) is 0 Å². The molecular weight excluding hydrogens is 284 g/mol. The van der Waals surface area contributed by atoms with Gasteiger partial charge in [0.2, 0.25) is 5.90 Å². The largest absolute Gasteiger partial charge is 0.411 e. The van der Waals surface area contributed by atoms with Crippen LogP contribution in [0.15, 0.2) is 10.1 Å². The van der Waals surface area contributed by atoms with Crippen LogP contribution in [0.5, 0.6) is 0 Å². The van der Waals surface area contributed by atoms with Crippen molar-refractivity contribution in [2.45, 2.75) is 65.0 Å². The van der Waals surface area contributed by atoms with Crippen LogP contribution in [0.1, 0.15) is 52.9 Å². The Kier molecular flexibility index (Phi) is 4.93. The Bertz CT molecular complexity index is 482. The van der Waals surface area contributed by atoms with Crippen molar-refractivity contribution >= 4 is 17.8 Å². The van der Waals surface area contributed by atoms with Gasteiger partial charge in [0.25, 0.3) is 0 Å². The number of nitrogens with zero attached hydrogens (tertiary/aromatic N) is 2. The van der Waals surface area contributed by atoms with E-state index in [0.717, 1.165) is 25.7 Å². The molecule has 0 fully saturated rings. The van der Waals surface area contributed by atoms with Gasteiger partial charge >= 0.3 is 6.09 Å². The first kappa shape index (κ1) is 16.6. The Morgan fingerprint density at radius 3 is 2.77 bits per heavy atom. The van der Waals surface area contributed by atoms with Crippen LogP contribution in [0.25, 0.3) is 0 Å². The number of hydrogen-bond donors (Lipinski definition) is 2. The second kappa shape index (κ2) is 6.54. The molecule has 3 atom stereocenters. The van der Waals surface area contributed by atoms with Gasteiger partial charge in [0.15, 0.2) is 0 Å². The maximum Gasteiger partial charge on any atom is 0.411 e. The minimum atomic E-state index is -0.867. The summed E-state index contributed by atoms with van der Waals surface area (Å²) >= 11 is 0. The van der Waals surface area contributed by atoms with E-state index < -0.39 is 6.09 Å². The molecule has 0 saturated carbocycles. The van der Waals surface area contributed by atoms with Crippen LogP contribution in [0.4, 0.5) is 4.79 Å². The molecule has 0 saturated heterocycles. The molecule has 7 heteroatoms. The summed E-state index contributed by atoms with van der Waals surface area (Å²) in [5.74, 6) is 0.831. The molecule has 3 unspecified atom stereocenters. The number of aliphatic imine (C=N–C) groups is 1. The zero-order valence-corrected chi connectivity index (χ0v) is 13.5. The van der Waals surface area contributed by atoms with Gasteiger partial charge < -0.3 is 21.0 Å². The lowest BCUT2D eigenvalue weighted by molar-refractivity contribution is 0.0226. The van der Waals surface area contributed by atoms with Gasteiger partial charge in [0, 0.05) is 12.8 Å². The summed E-state index contributed by atoms with van der Waals surface area (Å²) in [5, 5.41) is 3.93. The van der Waals surface area contributed by atoms with Gasteiger partial charge in [-0.05, 0) is 18.3 Å². The van der Waals surface area contributed by atoms with Crippen molar-refractivity contribution in [3.63, 3.8) is 0 Å². The highest BCUT2D eigenvalue weighted by atomic mass is 16.7. The van der Waals surface area contributed by atoms with Gasteiger partial charge in [-0.15, -0.1) is 0 Å². The van der Waals surface area contributed by atoms with Crippen molar-refractivity contribution in [3.8, 4) is 0 Å². The second-order valence-corrected chi connectivity index (χ2v) is 7.09. The summed E-state index contributed by atoms with van der Waals surface area (Å²) in [6.07, 6.45) is 3.68. The normalized spacial score (nSPS) is 29.1. The second-order valence-electron chi connectivity index (χ2n) is 7.09. The van der Waals surface area contributed by atoms with Crippen molar-refractivity contribution in [2.75, 3.05) is 0 Å². The molecule has 2 aliphatic rings. The molecule has 0 spiro atoms. The smallest absolute Gasteiger partial charge is 0.392 e. The van der Waals surface area contributed by atoms with Crippen molar-refractivity contribution in [1.82, 2.24) is 0 Å². The highest BCUT2D eigenvalue weighted by molar-refractivity contribution is 5.90. The number of oxime groups is 1. The molecule has 7 nitrogen and oxygen atoms in total. The molecule has 0 aromatic rings. The van der Waals surface area contributed by atoms with Gasteiger partial charge in [-0.1, -0.05) is 32.3 Å².